The number of sulfone groups is 1. The van der Waals surface area contributed by atoms with Crippen molar-refractivity contribution in [1.82, 2.24) is 0 Å². The number of hydrogen-bond acceptors (Lipinski definition) is 5. The Morgan fingerprint density at radius 3 is 2.47 bits per heavy atom. The van der Waals surface area contributed by atoms with Gasteiger partial charge >= 0.3 is 5.97 Å². The molecule has 1 aromatic heterocycles. The number of thiophene rings is 1. The fourth-order valence-electron chi connectivity index (χ4n) is 1.02. The largest absolute Gasteiger partial charge is 0.468 e. The molecule has 0 aromatic carbocycles. The maximum atomic E-state index is 12.0. The summed E-state index contributed by atoms with van der Waals surface area (Å²) in [6.45, 7) is 2.68. The van der Waals surface area contributed by atoms with Gasteiger partial charge in [0.25, 0.3) is 0 Å². The molecular formula is C9H12O4S2. The molecule has 0 aliphatic heterocycles. The van der Waals surface area contributed by atoms with Crippen LogP contribution in [0, 0.1) is 0 Å². The molecule has 4 nitrogen and oxygen atoms in total. The van der Waals surface area contributed by atoms with Crippen molar-refractivity contribution in [2.45, 2.75) is 22.8 Å². The van der Waals surface area contributed by atoms with Gasteiger partial charge in [-0.15, -0.1) is 11.3 Å². The molecule has 0 unspecified atom stereocenters. The summed E-state index contributed by atoms with van der Waals surface area (Å²) in [7, 11) is -2.49. The molecule has 0 aliphatic rings. The lowest BCUT2D eigenvalue weighted by Crippen LogP contribution is -2.41. The second-order valence-electron chi connectivity index (χ2n) is 3.44. The van der Waals surface area contributed by atoms with E-state index in [1.807, 2.05) is 0 Å². The Balaban J connectivity index is 3.23. The minimum Gasteiger partial charge on any atom is -0.468 e. The van der Waals surface area contributed by atoms with Crippen molar-refractivity contribution < 1.29 is 17.9 Å². The van der Waals surface area contributed by atoms with Crippen molar-refractivity contribution in [2.75, 3.05) is 7.11 Å². The normalized spacial score (nSPS) is 12.5. The number of methoxy groups -OCH3 is 1. The number of hydrogen-bond donors (Lipinski definition) is 0. The summed E-state index contributed by atoms with van der Waals surface area (Å²) >= 11 is 1.09. The molecule has 1 heterocycles. The third-order valence-electron chi connectivity index (χ3n) is 2.11. The molecule has 0 saturated heterocycles. The fraction of sp³-hybridized carbons (Fsp3) is 0.444. The summed E-state index contributed by atoms with van der Waals surface area (Å²) in [6.07, 6.45) is 0. The van der Waals surface area contributed by atoms with E-state index in [2.05, 4.69) is 4.74 Å². The van der Waals surface area contributed by atoms with E-state index in [1.165, 1.54) is 27.0 Å². The average Bonchev–Trinajstić information content (AvgIpc) is 2.69. The molecule has 0 spiro atoms. The number of carbonyl (C=O) groups is 1. The van der Waals surface area contributed by atoms with Gasteiger partial charge in [0.15, 0.2) is 4.75 Å². The van der Waals surface area contributed by atoms with Crippen LogP contribution in [0.1, 0.15) is 13.8 Å². The van der Waals surface area contributed by atoms with Gasteiger partial charge in [0.1, 0.15) is 4.21 Å². The van der Waals surface area contributed by atoms with E-state index in [0.29, 0.717) is 0 Å². The zero-order valence-corrected chi connectivity index (χ0v) is 10.3. The van der Waals surface area contributed by atoms with Gasteiger partial charge in [-0.1, -0.05) is 6.07 Å². The molecule has 0 bridgehead atoms. The van der Waals surface area contributed by atoms with Crippen LogP contribution in [0.25, 0.3) is 0 Å². The molecule has 0 N–H and O–H groups in total. The lowest BCUT2D eigenvalue weighted by Gasteiger charge is -2.20. The van der Waals surface area contributed by atoms with E-state index in [0.717, 1.165) is 11.3 Å². The van der Waals surface area contributed by atoms with Crippen molar-refractivity contribution in [1.29, 1.82) is 0 Å². The first-order chi connectivity index (χ1) is 6.84. The summed E-state index contributed by atoms with van der Waals surface area (Å²) in [5.74, 6) is -0.754. The lowest BCUT2D eigenvalue weighted by molar-refractivity contribution is -0.142. The van der Waals surface area contributed by atoms with Crippen LogP contribution in [0.2, 0.25) is 0 Å². The van der Waals surface area contributed by atoms with Crippen LogP contribution in [0.3, 0.4) is 0 Å². The SMILES string of the molecule is COC(=O)C(C)(C)S(=O)(=O)c1cccs1. The molecule has 15 heavy (non-hydrogen) atoms. The molecule has 0 atom stereocenters. The predicted octanol–water partition coefficient (Wildman–Crippen LogP) is 1.47. The molecule has 1 rings (SSSR count). The predicted molar refractivity (Wildman–Crippen MR) is 57.6 cm³/mol. The van der Waals surface area contributed by atoms with Crippen LogP contribution in [0.4, 0.5) is 0 Å². The van der Waals surface area contributed by atoms with E-state index in [-0.39, 0.29) is 4.21 Å². The van der Waals surface area contributed by atoms with E-state index in [9.17, 15) is 13.2 Å². The van der Waals surface area contributed by atoms with Gasteiger partial charge in [-0.05, 0) is 25.3 Å². The third-order valence-corrected chi connectivity index (χ3v) is 5.89. The Morgan fingerprint density at radius 1 is 1.47 bits per heavy atom. The summed E-state index contributed by atoms with van der Waals surface area (Å²) in [4.78, 5) is 11.4. The first kappa shape index (κ1) is 12.2. The van der Waals surface area contributed by atoms with Crippen molar-refractivity contribution in [3.05, 3.63) is 17.5 Å². The number of carbonyl (C=O) groups excluding carboxylic acids is 1. The second-order valence-corrected chi connectivity index (χ2v) is 7.11. The molecular weight excluding hydrogens is 236 g/mol. The highest BCUT2D eigenvalue weighted by Crippen LogP contribution is 2.29. The zero-order valence-electron chi connectivity index (χ0n) is 8.68. The molecule has 1 aromatic rings. The lowest BCUT2D eigenvalue weighted by atomic mass is 10.2. The number of rotatable bonds is 3. The van der Waals surface area contributed by atoms with Crippen molar-refractivity contribution in [3.63, 3.8) is 0 Å². The average molecular weight is 248 g/mol. The molecule has 0 aliphatic carbocycles. The van der Waals surface area contributed by atoms with Crippen LogP contribution >= 0.6 is 11.3 Å². The van der Waals surface area contributed by atoms with Crippen molar-refractivity contribution in [2.24, 2.45) is 0 Å². The third kappa shape index (κ3) is 1.91. The Bertz CT molecular complexity index is 442. The molecule has 0 amide bonds. The Labute approximate surface area is 92.8 Å². The summed E-state index contributed by atoms with van der Waals surface area (Å²) < 4.78 is 27.2. The molecule has 0 fully saturated rings. The minimum absolute atomic E-state index is 0.179. The second kappa shape index (κ2) is 3.94. The minimum atomic E-state index is -3.66. The van der Waals surface area contributed by atoms with Crippen LogP contribution < -0.4 is 0 Å². The summed E-state index contributed by atoms with van der Waals surface area (Å²) in [5, 5.41) is 1.65. The van der Waals surface area contributed by atoms with Crippen molar-refractivity contribution in [3.8, 4) is 0 Å². The summed E-state index contributed by atoms with van der Waals surface area (Å²) in [6, 6.07) is 3.11. The monoisotopic (exact) mass is 248 g/mol. The van der Waals surface area contributed by atoms with Gasteiger partial charge in [0, 0.05) is 0 Å². The van der Waals surface area contributed by atoms with Crippen LogP contribution in [0.15, 0.2) is 21.7 Å². The topological polar surface area (TPSA) is 60.4 Å². The smallest absolute Gasteiger partial charge is 0.327 e. The highest BCUT2D eigenvalue weighted by Gasteiger charge is 2.44. The highest BCUT2D eigenvalue weighted by molar-refractivity contribution is 7.95. The molecule has 0 saturated carbocycles. The van der Waals surface area contributed by atoms with Crippen LogP contribution in [-0.4, -0.2) is 26.2 Å². The van der Waals surface area contributed by atoms with Gasteiger partial charge in [-0.2, -0.15) is 0 Å². The van der Waals surface area contributed by atoms with Crippen LogP contribution in [-0.2, 0) is 19.4 Å². The van der Waals surface area contributed by atoms with Crippen molar-refractivity contribution >= 4 is 27.1 Å². The van der Waals surface area contributed by atoms with Gasteiger partial charge in [-0.3, -0.25) is 4.79 Å². The highest BCUT2D eigenvalue weighted by atomic mass is 32.2. The number of ether oxygens (including phenoxy) is 1. The molecule has 6 heteroatoms. The summed E-state index contributed by atoms with van der Waals surface area (Å²) in [5.41, 5.74) is 0. The van der Waals surface area contributed by atoms with E-state index < -0.39 is 20.6 Å². The van der Waals surface area contributed by atoms with Gasteiger partial charge in [0.05, 0.1) is 7.11 Å². The van der Waals surface area contributed by atoms with Gasteiger partial charge in [0.2, 0.25) is 9.84 Å². The zero-order chi connectivity index (χ0) is 11.7. The quantitative estimate of drug-likeness (QED) is 0.760. The maximum absolute atomic E-state index is 12.0. The standard InChI is InChI=1S/C9H12O4S2/c1-9(2,8(10)13-3)15(11,12)7-5-4-6-14-7/h4-6H,1-3H3. The molecule has 0 radical (unpaired) electrons. The van der Waals surface area contributed by atoms with E-state index >= 15 is 0 Å². The molecule has 84 valence electrons. The Morgan fingerprint density at radius 2 is 2.07 bits per heavy atom. The van der Waals surface area contributed by atoms with Gasteiger partial charge < -0.3 is 4.74 Å². The number of esters is 1. The first-order valence-electron chi connectivity index (χ1n) is 4.20. The Kier molecular flexibility index (Phi) is 3.20. The Hall–Kier alpha value is -0.880. The fourth-order valence-corrected chi connectivity index (χ4v) is 3.83. The first-order valence-corrected chi connectivity index (χ1v) is 6.57. The maximum Gasteiger partial charge on any atom is 0.327 e. The van der Waals surface area contributed by atoms with Gasteiger partial charge in [-0.25, -0.2) is 8.42 Å². The van der Waals surface area contributed by atoms with E-state index in [1.54, 1.807) is 11.4 Å². The van der Waals surface area contributed by atoms with E-state index in [4.69, 9.17) is 0 Å². The van der Waals surface area contributed by atoms with Crippen LogP contribution in [0.5, 0.6) is 0 Å².